The van der Waals surface area contributed by atoms with Crippen molar-refractivity contribution in [1.29, 1.82) is 0 Å². The summed E-state index contributed by atoms with van der Waals surface area (Å²) >= 11 is 6.00. The zero-order valence-corrected chi connectivity index (χ0v) is 17.5. The minimum atomic E-state index is 0.113. The maximum Gasteiger partial charge on any atom is 0.250 e. The molecular weight excluding hydrogens is 394 g/mol. The molecule has 0 aliphatic carbocycles. The largest absolute Gasteiger partial charge is 0.311 e. The second-order valence-corrected chi connectivity index (χ2v) is 8.76. The molecule has 0 spiro atoms. The number of rotatable bonds is 4. The predicted molar refractivity (Wildman–Crippen MR) is 121 cm³/mol. The Bertz CT molecular complexity index is 1120. The van der Waals surface area contributed by atoms with Crippen LogP contribution in [0.3, 0.4) is 0 Å². The molecular formula is C25H24ClN3O. The van der Waals surface area contributed by atoms with E-state index in [4.69, 9.17) is 11.6 Å². The smallest absolute Gasteiger partial charge is 0.250 e. The number of aromatic nitrogens is 2. The molecule has 2 atom stereocenters. The quantitative estimate of drug-likeness (QED) is 0.618. The third-order valence-electron chi connectivity index (χ3n) is 6.14. The van der Waals surface area contributed by atoms with Gasteiger partial charge in [0, 0.05) is 55.1 Å². The molecule has 4 nitrogen and oxygen atoms in total. The van der Waals surface area contributed by atoms with E-state index in [9.17, 15) is 4.79 Å². The number of benzene rings is 1. The molecule has 2 aliphatic rings. The van der Waals surface area contributed by atoms with E-state index in [0.717, 1.165) is 54.4 Å². The van der Waals surface area contributed by atoms with Crippen LogP contribution in [0.15, 0.2) is 65.6 Å². The van der Waals surface area contributed by atoms with Gasteiger partial charge in [0.15, 0.2) is 0 Å². The van der Waals surface area contributed by atoms with Gasteiger partial charge in [0.05, 0.1) is 5.69 Å². The van der Waals surface area contributed by atoms with E-state index in [1.54, 1.807) is 6.07 Å². The lowest BCUT2D eigenvalue weighted by atomic mass is 9.81. The highest BCUT2D eigenvalue weighted by atomic mass is 35.5. The van der Waals surface area contributed by atoms with Crippen molar-refractivity contribution in [3.8, 4) is 0 Å². The molecule has 3 aromatic rings. The van der Waals surface area contributed by atoms with Crippen LogP contribution in [0.1, 0.15) is 34.9 Å². The number of likely N-dealkylation sites (tertiary alicyclic amines) is 1. The average molecular weight is 418 g/mol. The van der Waals surface area contributed by atoms with Crippen LogP contribution in [0.4, 0.5) is 0 Å². The van der Waals surface area contributed by atoms with Gasteiger partial charge < -0.3 is 4.57 Å². The zero-order valence-electron chi connectivity index (χ0n) is 16.7. The van der Waals surface area contributed by atoms with Gasteiger partial charge in [-0.05, 0) is 53.8 Å². The number of fused-ring (bicyclic) bond motifs is 4. The van der Waals surface area contributed by atoms with Gasteiger partial charge in [0.25, 0.3) is 5.56 Å². The number of piperidine rings is 1. The van der Waals surface area contributed by atoms with Crippen molar-refractivity contribution in [1.82, 2.24) is 14.5 Å². The minimum absolute atomic E-state index is 0.113. The summed E-state index contributed by atoms with van der Waals surface area (Å²) in [7, 11) is 0. The molecule has 0 unspecified atom stereocenters. The molecule has 0 radical (unpaired) electrons. The second-order valence-electron chi connectivity index (χ2n) is 8.32. The van der Waals surface area contributed by atoms with Gasteiger partial charge in [0.2, 0.25) is 0 Å². The maximum absolute atomic E-state index is 12.6. The summed E-state index contributed by atoms with van der Waals surface area (Å²) in [6.45, 7) is 3.63. The van der Waals surface area contributed by atoms with Gasteiger partial charge in [-0.15, -0.1) is 0 Å². The van der Waals surface area contributed by atoms with Gasteiger partial charge in [-0.25, -0.2) is 0 Å². The SMILES string of the molecule is O=c1ccc(C=Cc2ccc(Cl)cc2)c2n1C[C@@H]1C[C@@H]2CN(Cc2ccccn2)C1. The number of hydrogen-bond acceptors (Lipinski definition) is 3. The Hall–Kier alpha value is -2.69. The Morgan fingerprint density at radius 1 is 1.00 bits per heavy atom. The molecule has 2 aliphatic heterocycles. The van der Waals surface area contributed by atoms with Crippen LogP contribution in [0.2, 0.25) is 5.02 Å². The van der Waals surface area contributed by atoms with Gasteiger partial charge in [0.1, 0.15) is 0 Å². The molecule has 0 N–H and O–H groups in total. The van der Waals surface area contributed by atoms with Crippen molar-refractivity contribution in [3.05, 3.63) is 98.7 Å². The fourth-order valence-electron chi connectivity index (χ4n) is 4.90. The van der Waals surface area contributed by atoms with Crippen LogP contribution < -0.4 is 5.56 Å². The molecule has 1 aromatic carbocycles. The summed E-state index contributed by atoms with van der Waals surface area (Å²) in [5, 5.41) is 0.733. The average Bonchev–Trinajstić information content (AvgIpc) is 2.75. The Morgan fingerprint density at radius 2 is 1.87 bits per heavy atom. The fourth-order valence-corrected chi connectivity index (χ4v) is 5.02. The molecule has 0 saturated carbocycles. The fraction of sp³-hybridized carbons (Fsp3) is 0.280. The molecule has 2 bridgehead atoms. The van der Waals surface area contributed by atoms with Crippen molar-refractivity contribution < 1.29 is 0 Å². The summed E-state index contributed by atoms with van der Waals surface area (Å²) in [6.07, 6.45) is 7.22. The zero-order chi connectivity index (χ0) is 20.5. The highest BCUT2D eigenvalue weighted by Crippen LogP contribution is 2.37. The van der Waals surface area contributed by atoms with Gasteiger partial charge in [-0.2, -0.15) is 0 Å². The van der Waals surface area contributed by atoms with E-state index in [-0.39, 0.29) is 5.56 Å². The van der Waals surface area contributed by atoms with Crippen LogP contribution in [0.5, 0.6) is 0 Å². The number of halogens is 1. The van der Waals surface area contributed by atoms with Crippen molar-refractivity contribution in [2.24, 2.45) is 5.92 Å². The lowest BCUT2D eigenvalue weighted by Gasteiger charge is -2.43. The third kappa shape index (κ3) is 3.98. The Labute approximate surface area is 181 Å². The molecule has 5 rings (SSSR count). The third-order valence-corrected chi connectivity index (χ3v) is 6.39. The van der Waals surface area contributed by atoms with Crippen molar-refractivity contribution in [3.63, 3.8) is 0 Å². The number of pyridine rings is 2. The second kappa shape index (κ2) is 8.21. The normalized spacial score (nSPS) is 21.0. The summed E-state index contributed by atoms with van der Waals surface area (Å²) in [6, 6.07) is 17.6. The van der Waals surface area contributed by atoms with E-state index in [0.29, 0.717) is 11.8 Å². The van der Waals surface area contributed by atoms with Gasteiger partial charge in [-0.1, -0.05) is 42.0 Å². The van der Waals surface area contributed by atoms with Crippen LogP contribution in [-0.4, -0.2) is 27.5 Å². The van der Waals surface area contributed by atoms with E-state index in [1.807, 2.05) is 53.2 Å². The summed E-state index contributed by atoms with van der Waals surface area (Å²) in [4.78, 5) is 19.6. The van der Waals surface area contributed by atoms with Crippen LogP contribution in [0.25, 0.3) is 12.2 Å². The first kappa shape index (κ1) is 19.3. The lowest BCUT2D eigenvalue weighted by Crippen LogP contribution is -2.47. The Morgan fingerprint density at radius 3 is 2.67 bits per heavy atom. The summed E-state index contributed by atoms with van der Waals surface area (Å²) in [5.41, 5.74) is 4.62. The first-order chi connectivity index (χ1) is 14.7. The molecule has 1 saturated heterocycles. The monoisotopic (exact) mass is 417 g/mol. The van der Waals surface area contributed by atoms with E-state index >= 15 is 0 Å². The molecule has 152 valence electrons. The van der Waals surface area contributed by atoms with E-state index < -0.39 is 0 Å². The van der Waals surface area contributed by atoms with Crippen molar-refractivity contribution in [2.75, 3.05) is 13.1 Å². The molecule has 5 heteroatoms. The number of nitrogens with zero attached hydrogens (tertiary/aromatic N) is 3. The van der Waals surface area contributed by atoms with Crippen LogP contribution in [-0.2, 0) is 13.1 Å². The Balaban J connectivity index is 1.44. The van der Waals surface area contributed by atoms with Crippen LogP contribution >= 0.6 is 11.6 Å². The molecule has 0 amide bonds. The predicted octanol–water partition coefficient (Wildman–Crippen LogP) is 4.69. The highest BCUT2D eigenvalue weighted by Gasteiger charge is 2.35. The molecule has 30 heavy (non-hydrogen) atoms. The van der Waals surface area contributed by atoms with Crippen LogP contribution in [0, 0.1) is 5.92 Å². The number of hydrogen-bond donors (Lipinski definition) is 0. The van der Waals surface area contributed by atoms with E-state index in [1.165, 1.54) is 5.69 Å². The lowest BCUT2D eigenvalue weighted by molar-refractivity contribution is 0.113. The Kier molecular flexibility index (Phi) is 5.28. The minimum Gasteiger partial charge on any atom is -0.311 e. The highest BCUT2D eigenvalue weighted by molar-refractivity contribution is 6.30. The van der Waals surface area contributed by atoms with E-state index in [2.05, 4.69) is 28.1 Å². The van der Waals surface area contributed by atoms with Crippen molar-refractivity contribution in [2.45, 2.75) is 25.4 Å². The molecule has 1 fully saturated rings. The van der Waals surface area contributed by atoms with Gasteiger partial charge >= 0.3 is 0 Å². The standard InChI is InChI=1S/C25H24ClN3O/c26-22-9-5-18(6-10-22)4-7-20-8-11-24(30)29-15-19-13-21(25(20)29)16-28(14-19)17-23-3-1-2-12-27-23/h1-12,19,21H,13-17H2/t19-,21-/m1/s1. The maximum atomic E-state index is 12.6. The van der Waals surface area contributed by atoms with Crippen molar-refractivity contribution >= 4 is 23.8 Å². The summed E-state index contributed by atoms with van der Waals surface area (Å²) in [5.74, 6) is 0.869. The summed E-state index contributed by atoms with van der Waals surface area (Å²) < 4.78 is 2.01. The molecule has 4 heterocycles. The van der Waals surface area contributed by atoms with Gasteiger partial charge in [-0.3, -0.25) is 14.7 Å². The molecule has 2 aromatic heterocycles. The first-order valence-corrected chi connectivity index (χ1v) is 10.8. The first-order valence-electron chi connectivity index (χ1n) is 10.5. The topological polar surface area (TPSA) is 38.1 Å².